The average Bonchev–Trinajstić information content (AvgIpc) is 3.41. The maximum atomic E-state index is 9.52. The third kappa shape index (κ3) is 5.13. The molecule has 3 N–H and O–H groups in total. The Bertz CT molecular complexity index is 548. The van der Waals surface area contributed by atoms with Crippen LogP contribution < -0.4 is 10.6 Å². The monoisotopic (exact) mass is 330 g/mol. The van der Waals surface area contributed by atoms with Crippen molar-refractivity contribution in [3.05, 3.63) is 29.8 Å². The fourth-order valence-electron chi connectivity index (χ4n) is 3.37. The number of hydrogen-bond donors (Lipinski definition) is 3. The molecule has 0 aromatic heterocycles. The molecule has 1 aliphatic carbocycles. The molecule has 1 aromatic rings. The molecular formula is C19H30N4O. The van der Waals surface area contributed by atoms with Gasteiger partial charge in [-0.3, -0.25) is 4.99 Å². The predicted molar refractivity (Wildman–Crippen MR) is 98.5 cm³/mol. The zero-order valence-electron chi connectivity index (χ0n) is 14.7. The van der Waals surface area contributed by atoms with E-state index < -0.39 is 0 Å². The number of phenols is 1. The normalized spacial score (nSPS) is 20.1. The summed E-state index contributed by atoms with van der Waals surface area (Å²) >= 11 is 0. The van der Waals surface area contributed by atoms with Gasteiger partial charge >= 0.3 is 0 Å². The first-order valence-electron chi connectivity index (χ1n) is 9.31. The van der Waals surface area contributed by atoms with E-state index in [9.17, 15) is 5.11 Å². The number of likely N-dealkylation sites (tertiary alicyclic amines) is 1. The summed E-state index contributed by atoms with van der Waals surface area (Å²) in [5.74, 6) is 1.24. The molecule has 1 aromatic carbocycles. The molecule has 1 saturated carbocycles. The number of guanidine groups is 1. The van der Waals surface area contributed by atoms with Crippen molar-refractivity contribution in [1.29, 1.82) is 0 Å². The second-order valence-corrected chi connectivity index (χ2v) is 6.87. The fourth-order valence-corrected chi connectivity index (χ4v) is 3.37. The van der Waals surface area contributed by atoms with Gasteiger partial charge in [-0.2, -0.15) is 0 Å². The summed E-state index contributed by atoms with van der Waals surface area (Å²) in [4.78, 5) is 7.34. The predicted octanol–water partition coefficient (Wildman–Crippen LogP) is 2.12. The first kappa shape index (κ1) is 17.1. The summed E-state index contributed by atoms with van der Waals surface area (Å²) in [6.45, 7) is 6.12. The topological polar surface area (TPSA) is 59.9 Å². The summed E-state index contributed by atoms with van der Waals surface area (Å²) in [5.41, 5.74) is 1.12. The smallest absolute Gasteiger partial charge is 0.191 e. The number of nitrogens with one attached hydrogen (secondary N) is 2. The molecule has 5 nitrogen and oxygen atoms in total. The molecule has 1 heterocycles. The van der Waals surface area contributed by atoms with Crippen LogP contribution in [0.25, 0.3) is 0 Å². The number of nitrogens with zero attached hydrogens (tertiary/aromatic N) is 2. The fraction of sp³-hybridized carbons (Fsp3) is 0.632. The van der Waals surface area contributed by atoms with Gasteiger partial charge in [0.2, 0.25) is 0 Å². The third-order valence-electron chi connectivity index (χ3n) is 4.86. The van der Waals surface area contributed by atoms with Crippen LogP contribution in [0.1, 0.15) is 38.2 Å². The van der Waals surface area contributed by atoms with Crippen molar-refractivity contribution >= 4 is 5.96 Å². The van der Waals surface area contributed by atoms with Crippen LogP contribution in [0.15, 0.2) is 29.3 Å². The van der Waals surface area contributed by atoms with Gasteiger partial charge in [-0.05, 0) is 56.7 Å². The Morgan fingerprint density at radius 1 is 1.25 bits per heavy atom. The number of aromatic hydroxyl groups is 1. The van der Waals surface area contributed by atoms with E-state index in [4.69, 9.17) is 4.99 Å². The van der Waals surface area contributed by atoms with Crippen LogP contribution >= 0.6 is 0 Å². The molecule has 0 atom stereocenters. The summed E-state index contributed by atoms with van der Waals surface area (Å²) < 4.78 is 0. The minimum Gasteiger partial charge on any atom is -0.508 e. The molecule has 132 valence electrons. The summed E-state index contributed by atoms with van der Waals surface area (Å²) in [6, 6.07) is 8.83. The Labute approximate surface area is 145 Å². The van der Waals surface area contributed by atoms with Crippen LogP contribution in [0.4, 0.5) is 0 Å². The van der Waals surface area contributed by atoms with E-state index in [1.807, 2.05) is 18.2 Å². The standard InChI is InChI=1S/C19H30N4O/c1-2-20-19(21-11-8-15-4-3-5-18(24)14-15)22-16-9-12-23(13-10-16)17-6-7-17/h3-5,14,16-17,24H,2,6-13H2,1H3,(H2,20,21,22). The van der Waals surface area contributed by atoms with Gasteiger partial charge in [0.25, 0.3) is 0 Å². The summed E-state index contributed by atoms with van der Waals surface area (Å²) in [7, 11) is 0. The quantitative estimate of drug-likeness (QED) is 0.552. The lowest BCUT2D eigenvalue weighted by Gasteiger charge is -2.33. The number of aliphatic imine (C=N–C) groups is 1. The molecule has 2 fully saturated rings. The summed E-state index contributed by atoms with van der Waals surface area (Å²) in [5, 5.41) is 16.5. The molecule has 2 aliphatic rings. The van der Waals surface area contributed by atoms with Gasteiger partial charge in [-0.15, -0.1) is 0 Å². The zero-order valence-corrected chi connectivity index (χ0v) is 14.7. The molecule has 0 spiro atoms. The first-order valence-corrected chi connectivity index (χ1v) is 9.31. The van der Waals surface area contributed by atoms with Gasteiger partial charge in [-0.1, -0.05) is 12.1 Å². The number of benzene rings is 1. The van der Waals surface area contributed by atoms with Crippen molar-refractivity contribution in [3.63, 3.8) is 0 Å². The Hall–Kier alpha value is -1.75. The van der Waals surface area contributed by atoms with Gasteiger partial charge in [0.1, 0.15) is 5.75 Å². The van der Waals surface area contributed by atoms with Crippen LogP contribution in [-0.4, -0.2) is 54.2 Å². The molecule has 0 bridgehead atoms. The highest BCUT2D eigenvalue weighted by Gasteiger charge is 2.31. The van der Waals surface area contributed by atoms with E-state index in [2.05, 4.69) is 22.5 Å². The Balaban J connectivity index is 1.46. The van der Waals surface area contributed by atoms with Crippen molar-refractivity contribution in [2.24, 2.45) is 4.99 Å². The molecule has 3 rings (SSSR count). The average molecular weight is 330 g/mol. The molecule has 5 heteroatoms. The lowest BCUT2D eigenvalue weighted by atomic mass is 10.1. The van der Waals surface area contributed by atoms with E-state index in [0.717, 1.165) is 37.1 Å². The van der Waals surface area contributed by atoms with Crippen LogP contribution in [0.2, 0.25) is 0 Å². The van der Waals surface area contributed by atoms with Crippen molar-refractivity contribution in [1.82, 2.24) is 15.5 Å². The van der Waals surface area contributed by atoms with Crippen LogP contribution in [0, 0.1) is 0 Å². The molecule has 0 radical (unpaired) electrons. The Morgan fingerprint density at radius 2 is 2.04 bits per heavy atom. The SMILES string of the molecule is CCNC(=NCCc1cccc(O)c1)NC1CCN(C2CC2)CC1. The van der Waals surface area contributed by atoms with Crippen LogP contribution in [0.5, 0.6) is 5.75 Å². The highest BCUT2D eigenvalue weighted by atomic mass is 16.3. The number of rotatable bonds is 6. The van der Waals surface area contributed by atoms with E-state index in [0.29, 0.717) is 11.8 Å². The van der Waals surface area contributed by atoms with Gasteiger partial charge in [0, 0.05) is 38.3 Å². The van der Waals surface area contributed by atoms with E-state index >= 15 is 0 Å². The van der Waals surface area contributed by atoms with Gasteiger partial charge < -0.3 is 20.6 Å². The lowest BCUT2D eigenvalue weighted by Crippen LogP contribution is -2.49. The second kappa shape index (κ2) is 8.38. The van der Waals surface area contributed by atoms with Crippen molar-refractivity contribution in [2.45, 2.75) is 51.1 Å². The van der Waals surface area contributed by atoms with Gasteiger partial charge in [0.05, 0.1) is 0 Å². The highest BCUT2D eigenvalue weighted by molar-refractivity contribution is 5.80. The van der Waals surface area contributed by atoms with Crippen LogP contribution in [0.3, 0.4) is 0 Å². The maximum Gasteiger partial charge on any atom is 0.191 e. The first-order chi connectivity index (χ1) is 11.7. The molecule has 0 amide bonds. The van der Waals surface area contributed by atoms with E-state index in [1.54, 1.807) is 6.07 Å². The van der Waals surface area contributed by atoms with Crippen molar-refractivity contribution in [2.75, 3.05) is 26.2 Å². The zero-order chi connectivity index (χ0) is 16.8. The molecular weight excluding hydrogens is 300 g/mol. The molecule has 1 aliphatic heterocycles. The maximum absolute atomic E-state index is 9.52. The van der Waals surface area contributed by atoms with Gasteiger partial charge in [0.15, 0.2) is 5.96 Å². The lowest BCUT2D eigenvalue weighted by molar-refractivity contribution is 0.197. The molecule has 24 heavy (non-hydrogen) atoms. The minimum absolute atomic E-state index is 0.323. The Kier molecular flexibility index (Phi) is 5.96. The van der Waals surface area contributed by atoms with Crippen molar-refractivity contribution in [3.8, 4) is 5.75 Å². The van der Waals surface area contributed by atoms with Crippen molar-refractivity contribution < 1.29 is 5.11 Å². The largest absolute Gasteiger partial charge is 0.508 e. The number of piperidine rings is 1. The van der Waals surface area contributed by atoms with E-state index in [1.165, 1.54) is 38.8 Å². The third-order valence-corrected chi connectivity index (χ3v) is 4.86. The minimum atomic E-state index is 0.323. The van der Waals surface area contributed by atoms with Crippen LogP contribution in [-0.2, 0) is 6.42 Å². The number of phenolic OH excluding ortho intramolecular Hbond substituents is 1. The Morgan fingerprint density at radius 3 is 2.71 bits per heavy atom. The molecule has 1 saturated heterocycles. The number of hydrogen-bond acceptors (Lipinski definition) is 3. The van der Waals surface area contributed by atoms with Gasteiger partial charge in [-0.25, -0.2) is 0 Å². The highest BCUT2D eigenvalue weighted by Crippen LogP contribution is 2.29. The second-order valence-electron chi connectivity index (χ2n) is 6.87. The molecule has 0 unspecified atom stereocenters. The summed E-state index contributed by atoms with van der Waals surface area (Å²) in [6.07, 6.45) is 6.04. The van der Waals surface area contributed by atoms with E-state index in [-0.39, 0.29) is 0 Å².